The van der Waals surface area contributed by atoms with Gasteiger partial charge in [-0.1, -0.05) is 117 Å². The fourth-order valence-corrected chi connectivity index (χ4v) is 7.55. The van der Waals surface area contributed by atoms with Crippen molar-refractivity contribution in [3.8, 4) is 0 Å². The van der Waals surface area contributed by atoms with E-state index in [1.54, 1.807) is 15.9 Å². The van der Waals surface area contributed by atoms with Gasteiger partial charge in [0, 0.05) is 17.8 Å². The normalized spacial score (nSPS) is 14.7. The van der Waals surface area contributed by atoms with E-state index in [9.17, 15) is 9.59 Å². The molecule has 220 valence electrons. The number of carbonyl (C=O) groups excluding carboxylic acids is 1. The molecule has 1 N–H and O–H groups in total. The molecule has 1 atom stereocenters. The van der Waals surface area contributed by atoms with Crippen LogP contribution < -0.4 is 10.9 Å². The summed E-state index contributed by atoms with van der Waals surface area (Å²) in [4.78, 5) is 34.4. The Morgan fingerprint density at radius 2 is 1.63 bits per heavy atom. The molecule has 0 aliphatic carbocycles. The van der Waals surface area contributed by atoms with Crippen LogP contribution in [0.25, 0.3) is 10.2 Å². The number of thiophene rings is 1. The highest BCUT2D eigenvalue weighted by Gasteiger charge is 2.29. The Balaban J connectivity index is 1.29. The van der Waals surface area contributed by atoms with Crippen LogP contribution in [-0.4, -0.2) is 27.3 Å². The predicted molar refractivity (Wildman–Crippen MR) is 175 cm³/mol. The molecule has 1 aliphatic heterocycles. The van der Waals surface area contributed by atoms with Gasteiger partial charge in [-0.2, -0.15) is 0 Å². The van der Waals surface area contributed by atoms with E-state index in [2.05, 4.69) is 31.3 Å². The van der Waals surface area contributed by atoms with Gasteiger partial charge in [-0.15, -0.1) is 11.3 Å². The second-order valence-electron chi connectivity index (χ2n) is 11.2. The zero-order valence-corrected chi connectivity index (χ0v) is 26.0. The Morgan fingerprint density at radius 1 is 1.00 bits per heavy atom. The predicted octanol–water partition coefficient (Wildman–Crippen LogP) is 6.80. The van der Waals surface area contributed by atoms with Crippen molar-refractivity contribution < 1.29 is 9.53 Å². The number of rotatable bonds is 10. The lowest BCUT2D eigenvalue weighted by atomic mass is 9.96. The van der Waals surface area contributed by atoms with Gasteiger partial charge in [0.1, 0.15) is 4.83 Å². The minimum atomic E-state index is -0.274. The molecule has 3 aromatic carbocycles. The van der Waals surface area contributed by atoms with Crippen molar-refractivity contribution in [2.45, 2.75) is 57.1 Å². The Kier molecular flexibility index (Phi) is 9.07. The zero-order valence-electron chi connectivity index (χ0n) is 24.4. The molecular weight excluding hydrogens is 575 g/mol. The highest BCUT2D eigenvalue weighted by molar-refractivity contribution is 7.99. The van der Waals surface area contributed by atoms with Crippen molar-refractivity contribution in [3.05, 3.63) is 128 Å². The number of carbonyl (C=O) groups is 1. The molecule has 5 aromatic rings. The molecule has 0 spiro atoms. The summed E-state index contributed by atoms with van der Waals surface area (Å²) < 4.78 is 7.88. The molecule has 0 saturated carbocycles. The van der Waals surface area contributed by atoms with Gasteiger partial charge in [-0.05, 0) is 34.6 Å². The van der Waals surface area contributed by atoms with Crippen LogP contribution in [-0.2, 0) is 35.5 Å². The van der Waals surface area contributed by atoms with Crippen LogP contribution in [0.4, 0.5) is 0 Å². The fourth-order valence-electron chi connectivity index (χ4n) is 5.55. The number of hydrogen-bond donors (Lipinski definition) is 1. The number of ether oxygens (including phenoxy) is 1. The van der Waals surface area contributed by atoms with E-state index in [0.717, 1.165) is 38.4 Å². The molecule has 1 unspecified atom stereocenters. The van der Waals surface area contributed by atoms with Crippen LogP contribution in [0, 0.1) is 5.92 Å². The molecule has 0 fully saturated rings. The maximum Gasteiger partial charge on any atom is 0.263 e. The summed E-state index contributed by atoms with van der Waals surface area (Å²) in [5.41, 5.74) is 4.23. The largest absolute Gasteiger partial charge is 0.372 e. The van der Waals surface area contributed by atoms with E-state index in [0.29, 0.717) is 36.0 Å². The lowest BCUT2D eigenvalue weighted by molar-refractivity contribution is -0.119. The highest BCUT2D eigenvalue weighted by atomic mass is 32.2. The van der Waals surface area contributed by atoms with Gasteiger partial charge in [0.15, 0.2) is 5.16 Å². The van der Waals surface area contributed by atoms with Gasteiger partial charge < -0.3 is 10.1 Å². The molecule has 0 radical (unpaired) electrons. The van der Waals surface area contributed by atoms with Gasteiger partial charge in [-0.3, -0.25) is 14.2 Å². The summed E-state index contributed by atoms with van der Waals surface area (Å²) in [5.74, 6) is 0.383. The Hall–Kier alpha value is -3.72. The van der Waals surface area contributed by atoms with Crippen molar-refractivity contribution in [3.63, 3.8) is 0 Å². The summed E-state index contributed by atoms with van der Waals surface area (Å²) in [7, 11) is 0. The number of nitrogens with one attached hydrogen (secondary N) is 1. The van der Waals surface area contributed by atoms with E-state index in [1.807, 2.05) is 78.9 Å². The van der Waals surface area contributed by atoms with Crippen molar-refractivity contribution in [2.75, 3.05) is 5.75 Å². The number of aromatic nitrogens is 2. The lowest BCUT2D eigenvalue weighted by Gasteiger charge is -2.26. The number of thioether (sulfide) groups is 1. The van der Waals surface area contributed by atoms with E-state index in [-0.39, 0.29) is 29.4 Å². The highest BCUT2D eigenvalue weighted by Crippen LogP contribution is 2.36. The maximum absolute atomic E-state index is 14.1. The smallest absolute Gasteiger partial charge is 0.263 e. The third-order valence-corrected chi connectivity index (χ3v) is 9.98. The Labute approximate surface area is 260 Å². The van der Waals surface area contributed by atoms with Crippen molar-refractivity contribution in [1.29, 1.82) is 0 Å². The fraction of sp³-hybridized carbons (Fsp3) is 0.286. The van der Waals surface area contributed by atoms with Gasteiger partial charge >= 0.3 is 0 Å². The standard InChI is InChI=1S/C35H35N3O3S2/c1-23(2)28-20-27-29(21-41-28)43-33-31(27)34(40)38(19-18-24-12-6-3-7-13-24)35(37-33)42-22-30(39)36-32(25-14-8-4-9-15-25)26-16-10-5-11-17-26/h3-17,23,28,32H,18-22H2,1-2H3,(H,36,39). The first-order chi connectivity index (χ1) is 21.0. The molecule has 6 rings (SSSR count). The van der Waals surface area contributed by atoms with Crippen LogP contribution >= 0.6 is 23.1 Å². The minimum absolute atomic E-state index is 0.0304. The van der Waals surface area contributed by atoms with Gasteiger partial charge in [-0.25, -0.2) is 4.98 Å². The van der Waals surface area contributed by atoms with Gasteiger partial charge in [0.25, 0.3) is 5.56 Å². The minimum Gasteiger partial charge on any atom is -0.372 e. The van der Waals surface area contributed by atoms with Gasteiger partial charge in [0.2, 0.25) is 5.91 Å². The van der Waals surface area contributed by atoms with Crippen LogP contribution in [0.1, 0.15) is 47.0 Å². The Morgan fingerprint density at radius 3 is 2.26 bits per heavy atom. The summed E-state index contributed by atoms with van der Waals surface area (Å²) >= 11 is 2.86. The van der Waals surface area contributed by atoms with Crippen LogP contribution in [0.15, 0.2) is 101 Å². The molecule has 8 heteroatoms. The molecule has 2 aromatic heterocycles. The number of hydrogen-bond acceptors (Lipinski definition) is 6. The number of nitrogens with zero attached hydrogens (tertiary/aromatic N) is 2. The first-order valence-corrected chi connectivity index (χ1v) is 16.5. The third kappa shape index (κ3) is 6.61. The third-order valence-electron chi connectivity index (χ3n) is 7.91. The molecular formula is C35H35N3O3S2. The SMILES string of the molecule is CC(C)C1Cc2c(sc3nc(SCC(=O)NC(c4ccccc4)c4ccccc4)n(CCc4ccccc4)c(=O)c23)CO1. The lowest BCUT2D eigenvalue weighted by Crippen LogP contribution is -2.31. The van der Waals surface area contributed by atoms with E-state index in [4.69, 9.17) is 9.72 Å². The molecule has 3 heterocycles. The van der Waals surface area contributed by atoms with Crippen LogP contribution in [0.3, 0.4) is 0 Å². The average Bonchev–Trinajstić information content (AvgIpc) is 3.41. The van der Waals surface area contributed by atoms with Crippen LogP contribution in [0.5, 0.6) is 0 Å². The average molecular weight is 610 g/mol. The number of amides is 1. The summed E-state index contributed by atoms with van der Waals surface area (Å²) in [6, 6.07) is 29.8. The van der Waals surface area contributed by atoms with Crippen molar-refractivity contribution >= 4 is 39.2 Å². The topological polar surface area (TPSA) is 73.2 Å². The van der Waals surface area contributed by atoms with Gasteiger partial charge in [0.05, 0.1) is 29.9 Å². The number of benzene rings is 3. The van der Waals surface area contributed by atoms with Crippen molar-refractivity contribution in [1.82, 2.24) is 14.9 Å². The summed E-state index contributed by atoms with van der Waals surface area (Å²) in [6.07, 6.45) is 1.50. The van der Waals surface area contributed by atoms with Crippen molar-refractivity contribution in [2.24, 2.45) is 5.92 Å². The monoisotopic (exact) mass is 609 g/mol. The second-order valence-corrected chi connectivity index (χ2v) is 13.2. The molecule has 0 saturated heterocycles. The number of aryl methyl sites for hydroxylation is 1. The first-order valence-electron chi connectivity index (χ1n) is 14.7. The molecule has 6 nitrogen and oxygen atoms in total. The van der Waals surface area contributed by atoms with E-state index in [1.165, 1.54) is 11.8 Å². The quantitative estimate of drug-likeness (QED) is 0.139. The maximum atomic E-state index is 14.1. The first kappa shape index (κ1) is 29.4. The molecule has 0 bridgehead atoms. The van der Waals surface area contributed by atoms with E-state index < -0.39 is 0 Å². The molecule has 1 amide bonds. The summed E-state index contributed by atoms with van der Waals surface area (Å²) in [5, 5.41) is 4.50. The second kappa shape index (κ2) is 13.3. The Bertz CT molecular complexity index is 1710. The van der Waals surface area contributed by atoms with Crippen LogP contribution in [0.2, 0.25) is 0 Å². The molecule has 43 heavy (non-hydrogen) atoms. The molecule has 1 aliphatic rings. The summed E-state index contributed by atoms with van der Waals surface area (Å²) in [6.45, 7) is 5.30. The zero-order chi connectivity index (χ0) is 29.8. The van der Waals surface area contributed by atoms with E-state index >= 15 is 0 Å². The number of fused-ring (bicyclic) bond motifs is 3.